The lowest BCUT2D eigenvalue weighted by Crippen LogP contribution is -2.44. The molecule has 0 aromatic carbocycles. The van der Waals surface area contributed by atoms with E-state index in [1.54, 1.807) is 0 Å². The highest BCUT2D eigenvalue weighted by Crippen LogP contribution is 2.22. The summed E-state index contributed by atoms with van der Waals surface area (Å²) in [5.74, 6) is 2.13. The maximum atomic E-state index is 4.54. The Morgan fingerprint density at radius 2 is 1.88 bits per heavy atom. The van der Waals surface area contributed by atoms with Crippen LogP contribution in [-0.4, -0.2) is 41.4 Å². The molecule has 0 amide bonds. The van der Waals surface area contributed by atoms with Gasteiger partial charge in [-0.1, -0.05) is 13.8 Å². The summed E-state index contributed by atoms with van der Waals surface area (Å²) >= 11 is 0. The van der Waals surface area contributed by atoms with Crippen molar-refractivity contribution in [2.45, 2.75) is 26.7 Å². The van der Waals surface area contributed by atoms with E-state index < -0.39 is 0 Å². The van der Waals surface area contributed by atoms with Gasteiger partial charge < -0.3 is 10.2 Å². The van der Waals surface area contributed by atoms with Crippen LogP contribution in [0.5, 0.6) is 0 Å². The molecule has 1 fully saturated rings. The SMILES string of the molecule is Cc1nnc(C(C)C)c(N2CCNCC2)n1. The van der Waals surface area contributed by atoms with E-state index >= 15 is 0 Å². The third-order valence-electron chi connectivity index (χ3n) is 2.76. The van der Waals surface area contributed by atoms with E-state index in [1.807, 2.05) is 6.92 Å². The zero-order chi connectivity index (χ0) is 11.5. The van der Waals surface area contributed by atoms with Crippen LogP contribution in [0.3, 0.4) is 0 Å². The molecule has 0 spiro atoms. The molecule has 5 nitrogen and oxygen atoms in total. The maximum absolute atomic E-state index is 4.54. The summed E-state index contributed by atoms with van der Waals surface area (Å²) in [6.07, 6.45) is 0. The summed E-state index contributed by atoms with van der Waals surface area (Å²) in [5.41, 5.74) is 1.01. The first-order valence-electron chi connectivity index (χ1n) is 5.85. The van der Waals surface area contributed by atoms with Crippen molar-refractivity contribution in [2.75, 3.05) is 31.1 Å². The molecule has 0 radical (unpaired) electrons. The minimum atomic E-state index is 0.366. The fourth-order valence-corrected chi connectivity index (χ4v) is 1.89. The molecule has 88 valence electrons. The Morgan fingerprint density at radius 1 is 1.19 bits per heavy atom. The van der Waals surface area contributed by atoms with E-state index in [0.29, 0.717) is 5.92 Å². The van der Waals surface area contributed by atoms with Gasteiger partial charge in [0.15, 0.2) is 5.82 Å². The highest BCUT2D eigenvalue weighted by molar-refractivity contribution is 5.45. The molecule has 16 heavy (non-hydrogen) atoms. The van der Waals surface area contributed by atoms with Crippen molar-refractivity contribution in [1.82, 2.24) is 20.5 Å². The lowest BCUT2D eigenvalue weighted by molar-refractivity contribution is 0.576. The molecule has 1 saturated heterocycles. The first kappa shape index (κ1) is 11.3. The average Bonchev–Trinajstić information content (AvgIpc) is 2.29. The zero-order valence-corrected chi connectivity index (χ0v) is 10.2. The quantitative estimate of drug-likeness (QED) is 0.797. The molecule has 1 aliphatic rings. The van der Waals surface area contributed by atoms with E-state index in [2.05, 4.69) is 39.2 Å². The predicted molar refractivity (Wildman–Crippen MR) is 63.7 cm³/mol. The van der Waals surface area contributed by atoms with Gasteiger partial charge in [0.25, 0.3) is 0 Å². The van der Waals surface area contributed by atoms with Crippen LogP contribution >= 0.6 is 0 Å². The molecule has 0 bridgehead atoms. The summed E-state index contributed by atoms with van der Waals surface area (Å²) < 4.78 is 0. The van der Waals surface area contributed by atoms with Crippen molar-refractivity contribution < 1.29 is 0 Å². The average molecular weight is 221 g/mol. The fourth-order valence-electron chi connectivity index (χ4n) is 1.89. The van der Waals surface area contributed by atoms with Crippen LogP contribution in [0.1, 0.15) is 31.3 Å². The van der Waals surface area contributed by atoms with Crippen LogP contribution in [0, 0.1) is 6.92 Å². The minimum Gasteiger partial charge on any atom is -0.352 e. The molecule has 1 aromatic heterocycles. The van der Waals surface area contributed by atoms with Gasteiger partial charge in [0.1, 0.15) is 11.5 Å². The Bertz CT molecular complexity index is 357. The molecule has 1 aromatic rings. The van der Waals surface area contributed by atoms with Crippen molar-refractivity contribution in [1.29, 1.82) is 0 Å². The Balaban J connectivity index is 2.32. The first-order chi connectivity index (χ1) is 7.68. The summed E-state index contributed by atoms with van der Waals surface area (Å²) in [4.78, 5) is 6.84. The largest absolute Gasteiger partial charge is 0.352 e. The third-order valence-corrected chi connectivity index (χ3v) is 2.76. The van der Waals surface area contributed by atoms with Crippen LogP contribution in [0.2, 0.25) is 0 Å². The number of aromatic nitrogens is 3. The standard InChI is InChI=1S/C11H19N5/c1-8(2)10-11(13-9(3)14-15-10)16-6-4-12-5-7-16/h8,12H,4-7H2,1-3H3. The van der Waals surface area contributed by atoms with E-state index in [-0.39, 0.29) is 0 Å². The van der Waals surface area contributed by atoms with Gasteiger partial charge >= 0.3 is 0 Å². The summed E-state index contributed by atoms with van der Waals surface area (Å²) in [5, 5.41) is 11.7. The van der Waals surface area contributed by atoms with Gasteiger partial charge in [0, 0.05) is 32.1 Å². The monoisotopic (exact) mass is 221 g/mol. The molecule has 1 aliphatic heterocycles. The lowest BCUT2D eigenvalue weighted by Gasteiger charge is -2.30. The van der Waals surface area contributed by atoms with Gasteiger partial charge in [-0.05, 0) is 6.92 Å². The molecule has 2 heterocycles. The van der Waals surface area contributed by atoms with Crippen LogP contribution in [0.4, 0.5) is 5.82 Å². The molecule has 1 N–H and O–H groups in total. The zero-order valence-electron chi connectivity index (χ0n) is 10.2. The highest BCUT2D eigenvalue weighted by Gasteiger charge is 2.19. The smallest absolute Gasteiger partial charge is 0.154 e. The number of aryl methyl sites for hydroxylation is 1. The molecule has 0 unspecified atom stereocenters. The van der Waals surface area contributed by atoms with Gasteiger partial charge in [-0.25, -0.2) is 4.98 Å². The van der Waals surface area contributed by atoms with E-state index in [9.17, 15) is 0 Å². The second-order valence-corrected chi connectivity index (χ2v) is 4.46. The van der Waals surface area contributed by atoms with Gasteiger partial charge in [0.05, 0.1) is 0 Å². The van der Waals surface area contributed by atoms with Gasteiger partial charge in [0.2, 0.25) is 0 Å². The Hall–Kier alpha value is -1.23. The van der Waals surface area contributed by atoms with E-state index in [4.69, 9.17) is 0 Å². The van der Waals surface area contributed by atoms with Crippen LogP contribution in [-0.2, 0) is 0 Å². The number of rotatable bonds is 2. The van der Waals surface area contributed by atoms with Gasteiger partial charge in [-0.2, -0.15) is 0 Å². The van der Waals surface area contributed by atoms with Crippen molar-refractivity contribution in [2.24, 2.45) is 0 Å². The summed E-state index contributed by atoms with van der Waals surface area (Å²) in [7, 11) is 0. The number of nitrogens with zero attached hydrogens (tertiary/aromatic N) is 4. The van der Waals surface area contributed by atoms with Crippen molar-refractivity contribution in [3.8, 4) is 0 Å². The van der Waals surface area contributed by atoms with E-state index in [1.165, 1.54) is 0 Å². The van der Waals surface area contributed by atoms with Crippen molar-refractivity contribution in [3.05, 3.63) is 11.5 Å². The maximum Gasteiger partial charge on any atom is 0.154 e. The molecule has 0 saturated carbocycles. The fraction of sp³-hybridized carbons (Fsp3) is 0.727. The number of piperazine rings is 1. The Kier molecular flexibility index (Phi) is 3.33. The van der Waals surface area contributed by atoms with Crippen LogP contribution < -0.4 is 10.2 Å². The molecule has 0 atom stereocenters. The predicted octanol–water partition coefficient (Wildman–Crippen LogP) is 0.713. The number of hydrogen-bond donors (Lipinski definition) is 1. The number of anilines is 1. The minimum absolute atomic E-state index is 0.366. The Labute approximate surface area is 96.3 Å². The second kappa shape index (κ2) is 4.74. The Morgan fingerprint density at radius 3 is 2.50 bits per heavy atom. The summed E-state index contributed by atoms with van der Waals surface area (Å²) in [6, 6.07) is 0. The van der Waals surface area contributed by atoms with Crippen LogP contribution in [0.25, 0.3) is 0 Å². The molecular weight excluding hydrogens is 202 g/mol. The normalized spacial score (nSPS) is 16.9. The van der Waals surface area contributed by atoms with Crippen molar-refractivity contribution >= 4 is 5.82 Å². The van der Waals surface area contributed by atoms with Gasteiger partial charge in [-0.15, -0.1) is 10.2 Å². The molecular formula is C11H19N5. The first-order valence-corrected chi connectivity index (χ1v) is 5.85. The lowest BCUT2D eigenvalue weighted by atomic mass is 10.1. The molecule has 0 aliphatic carbocycles. The highest BCUT2D eigenvalue weighted by atomic mass is 15.3. The van der Waals surface area contributed by atoms with Crippen molar-refractivity contribution in [3.63, 3.8) is 0 Å². The topological polar surface area (TPSA) is 53.9 Å². The van der Waals surface area contributed by atoms with Gasteiger partial charge in [-0.3, -0.25) is 0 Å². The number of hydrogen-bond acceptors (Lipinski definition) is 5. The summed E-state index contributed by atoms with van der Waals surface area (Å²) in [6.45, 7) is 10.2. The second-order valence-electron chi connectivity index (χ2n) is 4.46. The van der Waals surface area contributed by atoms with E-state index in [0.717, 1.165) is 43.5 Å². The third kappa shape index (κ3) is 2.29. The molecule has 2 rings (SSSR count). The molecule has 5 heteroatoms. The van der Waals surface area contributed by atoms with Crippen LogP contribution in [0.15, 0.2) is 0 Å². The number of nitrogens with one attached hydrogen (secondary N) is 1.